The van der Waals surface area contributed by atoms with Gasteiger partial charge in [-0.05, 0) is 45.7 Å². The van der Waals surface area contributed by atoms with Crippen LogP contribution >= 0.6 is 11.6 Å². The molecule has 4 nitrogen and oxygen atoms in total. The summed E-state index contributed by atoms with van der Waals surface area (Å²) in [6.07, 6.45) is 4.56. The minimum absolute atomic E-state index is 0.388. The van der Waals surface area contributed by atoms with E-state index in [-0.39, 0.29) is 0 Å². The van der Waals surface area contributed by atoms with Crippen molar-refractivity contribution in [3.05, 3.63) is 22.7 Å². The predicted octanol–water partition coefficient (Wildman–Crippen LogP) is 2.14. The molecule has 2 N–H and O–H groups in total. The van der Waals surface area contributed by atoms with Gasteiger partial charge in [0.25, 0.3) is 0 Å². The fraction of sp³-hybridized carbons (Fsp3) is 0.692. The standard InChI is InChI=1S/C13H21ClN4/c1-9-7-12(14)17-13(16-9)8-18(2)11-5-3-10(15)4-6-11/h7,10-11H,3-6,8,15H2,1-2H3. The summed E-state index contributed by atoms with van der Waals surface area (Å²) in [5.74, 6) is 0.803. The van der Waals surface area contributed by atoms with Gasteiger partial charge >= 0.3 is 0 Å². The van der Waals surface area contributed by atoms with E-state index in [0.717, 1.165) is 43.7 Å². The van der Waals surface area contributed by atoms with Crippen molar-refractivity contribution in [1.29, 1.82) is 0 Å². The molecule has 0 aliphatic heterocycles. The molecule has 0 amide bonds. The van der Waals surface area contributed by atoms with Crippen LogP contribution in [0.3, 0.4) is 0 Å². The van der Waals surface area contributed by atoms with Gasteiger partial charge in [0.2, 0.25) is 0 Å². The lowest BCUT2D eigenvalue weighted by atomic mass is 9.91. The number of aromatic nitrogens is 2. The summed E-state index contributed by atoms with van der Waals surface area (Å²) in [6, 6.07) is 2.76. The second kappa shape index (κ2) is 5.95. The highest BCUT2D eigenvalue weighted by molar-refractivity contribution is 6.29. The molecule has 1 heterocycles. The van der Waals surface area contributed by atoms with Crippen molar-refractivity contribution in [2.45, 2.75) is 51.2 Å². The molecule has 100 valence electrons. The number of nitrogens with two attached hydrogens (primary N) is 1. The lowest BCUT2D eigenvalue weighted by Gasteiger charge is -2.33. The zero-order chi connectivity index (χ0) is 13.1. The van der Waals surface area contributed by atoms with Crippen LogP contribution in [0.5, 0.6) is 0 Å². The van der Waals surface area contributed by atoms with E-state index in [2.05, 4.69) is 21.9 Å². The number of aryl methyl sites for hydroxylation is 1. The normalized spacial score (nSPS) is 24.5. The van der Waals surface area contributed by atoms with Gasteiger partial charge in [0, 0.05) is 17.8 Å². The molecule has 0 radical (unpaired) electrons. The Labute approximate surface area is 114 Å². The summed E-state index contributed by atoms with van der Waals surface area (Å²) in [5.41, 5.74) is 6.85. The van der Waals surface area contributed by atoms with E-state index in [0.29, 0.717) is 17.2 Å². The SMILES string of the molecule is Cc1cc(Cl)nc(CN(C)C2CCC(N)CC2)n1. The van der Waals surface area contributed by atoms with Crippen molar-refractivity contribution < 1.29 is 0 Å². The molecule has 0 atom stereocenters. The highest BCUT2D eigenvalue weighted by Gasteiger charge is 2.22. The molecule has 0 unspecified atom stereocenters. The van der Waals surface area contributed by atoms with E-state index in [1.54, 1.807) is 6.07 Å². The summed E-state index contributed by atoms with van der Waals surface area (Å²) in [4.78, 5) is 11.0. The summed E-state index contributed by atoms with van der Waals surface area (Å²) in [7, 11) is 2.13. The smallest absolute Gasteiger partial charge is 0.144 e. The molecule has 0 bridgehead atoms. The Morgan fingerprint density at radius 3 is 2.61 bits per heavy atom. The molecule has 1 aromatic heterocycles. The molecule has 2 rings (SSSR count). The highest BCUT2D eigenvalue weighted by Crippen LogP contribution is 2.22. The van der Waals surface area contributed by atoms with Crippen LogP contribution in [0.15, 0.2) is 6.07 Å². The Morgan fingerprint density at radius 1 is 1.33 bits per heavy atom. The summed E-state index contributed by atoms with van der Waals surface area (Å²) in [5, 5.41) is 0.525. The fourth-order valence-electron chi connectivity index (χ4n) is 2.55. The van der Waals surface area contributed by atoms with E-state index in [1.807, 2.05) is 6.92 Å². The first-order chi connectivity index (χ1) is 8.54. The van der Waals surface area contributed by atoms with Crippen molar-refractivity contribution in [2.75, 3.05) is 7.05 Å². The van der Waals surface area contributed by atoms with Gasteiger partial charge in [-0.25, -0.2) is 9.97 Å². The Bertz CT molecular complexity index is 382. The summed E-state index contributed by atoms with van der Waals surface area (Å²) >= 11 is 5.95. The Hall–Kier alpha value is -0.710. The van der Waals surface area contributed by atoms with Gasteiger partial charge in [-0.3, -0.25) is 4.90 Å². The lowest BCUT2D eigenvalue weighted by Crippen LogP contribution is -2.38. The van der Waals surface area contributed by atoms with Crippen LogP contribution in [-0.2, 0) is 6.54 Å². The van der Waals surface area contributed by atoms with Gasteiger partial charge in [-0.15, -0.1) is 0 Å². The third kappa shape index (κ3) is 3.64. The average molecular weight is 269 g/mol. The monoisotopic (exact) mass is 268 g/mol. The first-order valence-electron chi connectivity index (χ1n) is 6.50. The number of halogens is 1. The van der Waals surface area contributed by atoms with Crippen LogP contribution in [0.2, 0.25) is 5.15 Å². The summed E-state index contributed by atoms with van der Waals surface area (Å²) < 4.78 is 0. The second-order valence-electron chi connectivity index (χ2n) is 5.23. The fourth-order valence-corrected chi connectivity index (χ4v) is 2.81. The van der Waals surface area contributed by atoms with Crippen molar-refractivity contribution in [3.8, 4) is 0 Å². The molecular weight excluding hydrogens is 248 g/mol. The van der Waals surface area contributed by atoms with Gasteiger partial charge in [0.1, 0.15) is 11.0 Å². The molecule has 1 aromatic rings. The van der Waals surface area contributed by atoms with Crippen LogP contribution in [0.1, 0.15) is 37.2 Å². The molecule has 1 fully saturated rings. The van der Waals surface area contributed by atoms with Crippen molar-refractivity contribution in [2.24, 2.45) is 5.73 Å². The van der Waals surface area contributed by atoms with E-state index < -0.39 is 0 Å². The molecular formula is C13H21ClN4. The lowest BCUT2D eigenvalue weighted by molar-refractivity contribution is 0.172. The van der Waals surface area contributed by atoms with E-state index in [9.17, 15) is 0 Å². The van der Waals surface area contributed by atoms with Crippen molar-refractivity contribution in [3.63, 3.8) is 0 Å². The third-order valence-corrected chi connectivity index (χ3v) is 3.82. The molecule has 1 aliphatic carbocycles. The zero-order valence-corrected chi connectivity index (χ0v) is 11.8. The maximum atomic E-state index is 5.95. The third-order valence-electron chi connectivity index (χ3n) is 3.62. The van der Waals surface area contributed by atoms with E-state index >= 15 is 0 Å². The molecule has 0 aromatic carbocycles. The number of hydrogen-bond donors (Lipinski definition) is 1. The van der Waals surface area contributed by atoms with Crippen molar-refractivity contribution in [1.82, 2.24) is 14.9 Å². The van der Waals surface area contributed by atoms with Crippen LogP contribution < -0.4 is 5.73 Å². The topological polar surface area (TPSA) is 55.0 Å². The summed E-state index contributed by atoms with van der Waals surface area (Å²) in [6.45, 7) is 2.69. The molecule has 0 spiro atoms. The molecule has 1 saturated carbocycles. The largest absolute Gasteiger partial charge is 0.328 e. The van der Waals surface area contributed by atoms with Crippen LogP contribution in [0.25, 0.3) is 0 Å². The Morgan fingerprint density at radius 2 is 2.00 bits per heavy atom. The highest BCUT2D eigenvalue weighted by atomic mass is 35.5. The zero-order valence-electron chi connectivity index (χ0n) is 11.1. The molecule has 1 aliphatic rings. The van der Waals surface area contributed by atoms with Crippen LogP contribution in [-0.4, -0.2) is 34.0 Å². The van der Waals surface area contributed by atoms with Gasteiger partial charge in [0.05, 0.1) is 6.54 Å². The number of hydrogen-bond acceptors (Lipinski definition) is 4. The van der Waals surface area contributed by atoms with Crippen LogP contribution in [0, 0.1) is 6.92 Å². The van der Waals surface area contributed by atoms with E-state index in [1.165, 1.54) is 0 Å². The number of nitrogens with zero attached hydrogens (tertiary/aromatic N) is 3. The van der Waals surface area contributed by atoms with Crippen LogP contribution in [0.4, 0.5) is 0 Å². The maximum Gasteiger partial charge on any atom is 0.144 e. The maximum absolute atomic E-state index is 5.95. The number of rotatable bonds is 3. The Kier molecular flexibility index (Phi) is 4.54. The first-order valence-corrected chi connectivity index (χ1v) is 6.88. The molecule has 0 saturated heterocycles. The van der Waals surface area contributed by atoms with Gasteiger partial charge in [-0.2, -0.15) is 0 Å². The molecule has 18 heavy (non-hydrogen) atoms. The minimum Gasteiger partial charge on any atom is -0.328 e. The average Bonchev–Trinajstić information content (AvgIpc) is 2.28. The molecule has 5 heteroatoms. The minimum atomic E-state index is 0.388. The van der Waals surface area contributed by atoms with E-state index in [4.69, 9.17) is 17.3 Å². The first kappa shape index (κ1) is 13.7. The quantitative estimate of drug-likeness (QED) is 0.854. The van der Waals surface area contributed by atoms with Gasteiger partial charge in [0.15, 0.2) is 0 Å². The second-order valence-corrected chi connectivity index (χ2v) is 5.62. The Balaban J connectivity index is 1.96. The van der Waals surface area contributed by atoms with Crippen molar-refractivity contribution >= 4 is 11.6 Å². The van der Waals surface area contributed by atoms with Gasteiger partial charge < -0.3 is 5.73 Å². The van der Waals surface area contributed by atoms with Gasteiger partial charge in [-0.1, -0.05) is 11.6 Å². The predicted molar refractivity (Wildman–Crippen MR) is 73.5 cm³/mol.